The highest BCUT2D eigenvalue weighted by Crippen LogP contribution is 2.50. The molecule has 9 heavy (non-hydrogen) atoms. The zero-order valence-electron chi connectivity index (χ0n) is 6.30. The molecule has 0 radical (unpaired) electrons. The maximum atomic E-state index is 2.41. The molecular formula is C8H15N. The van der Waals surface area contributed by atoms with Crippen LogP contribution in [0, 0.1) is 11.8 Å². The van der Waals surface area contributed by atoms with E-state index in [2.05, 4.69) is 19.0 Å². The quantitative estimate of drug-likeness (QED) is 0.511. The molecule has 0 spiro atoms. The van der Waals surface area contributed by atoms with Crippen LogP contribution in [0.4, 0.5) is 0 Å². The fraction of sp³-hybridized carbons (Fsp3) is 1.00. The van der Waals surface area contributed by atoms with Crippen molar-refractivity contribution in [3.05, 3.63) is 0 Å². The van der Waals surface area contributed by atoms with E-state index in [9.17, 15) is 0 Å². The van der Waals surface area contributed by atoms with Gasteiger partial charge in [-0.15, -0.1) is 0 Å². The summed E-state index contributed by atoms with van der Waals surface area (Å²) in [5.41, 5.74) is 0. The molecule has 3 saturated carbocycles. The van der Waals surface area contributed by atoms with E-state index in [0.29, 0.717) is 0 Å². The number of hydrogen-bond donors (Lipinski definition) is 0. The highest BCUT2D eigenvalue weighted by Gasteiger charge is 2.47. The Kier molecular flexibility index (Phi) is 1.10. The van der Waals surface area contributed by atoms with E-state index in [0.717, 1.165) is 17.9 Å². The van der Waals surface area contributed by atoms with E-state index in [-0.39, 0.29) is 0 Å². The van der Waals surface area contributed by atoms with Crippen molar-refractivity contribution in [2.45, 2.75) is 25.3 Å². The molecule has 3 rings (SSSR count). The predicted molar refractivity (Wildman–Crippen MR) is 38.3 cm³/mol. The van der Waals surface area contributed by atoms with Gasteiger partial charge in [0.1, 0.15) is 0 Å². The van der Waals surface area contributed by atoms with Crippen LogP contribution < -0.4 is 0 Å². The van der Waals surface area contributed by atoms with Gasteiger partial charge in [0.2, 0.25) is 0 Å². The minimum Gasteiger partial charge on any atom is -0.306 e. The minimum absolute atomic E-state index is 0.963. The monoisotopic (exact) mass is 125 g/mol. The molecule has 0 heterocycles. The van der Waals surface area contributed by atoms with Crippen molar-refractivity contribution in [2.24, 2.45) is 11.8 Å². The van der Waals surface area contributed by atoms with Gasteiger partial charge in [0, 0.05) is 6.04 Å². The van der Waals surface area contributed by atoms with Gasteiger partial charge in [-0.2, -0.15) is 0 Å². The molecule has 3 aliphatic carbocycles. The lowest BCUT2D eigenvalue weighted by Crippen LogP contribution is -2.45. The summed E-state index contributed by atoms with van der Waals surface area (Å²) in [6.45, 7) is 0. The predicted octanol–water partition coefficient (Wildman–Crippen LogP) is 1.35. The maximum Gasteiger partial charge on any atom is 0.0146 e. The minimum atomic E-state index is 0.963. The second-order valence-corrected chi connectivity index (χ2v) is 3.79. The Morgan fingerprint density at radius 3 is 1.89 bits per heavy atom. The summed E-state index contributed by atoms with van der Waals surface area (Å²) in [6, 6.07) is 0.963. The summed E-state index contributed by atoms with van der Waals surface area (Å²) in [5, 5.41) is 0. The topological polar surface area (TPSA) is 3.24 Å². The smallest absolute Gasteiger partial charge is 0.0146 e. The SMILES string of the molecule is CN(C)C1C2CCC1C2. The van der Waals surface area contributed by atoms with Gasteiger partial charge < -0.3 is 4.90 Å². The second kappa shape index (κ2) is 1.72. The van der Waals surface area contributed by atoms with Crippen LogP contribution in [-0.2, 0) is 0 Å². The van der Waals surface area contributed by atoms with Gasteiger partial charge in [-0.1, -0.05) is 0 Å². The molecule has 3 fully saturated rings. The molecule has 0 aromatic heterocycles. The molecule has 0 N–H and O–H groups in total. The van der Waals surface area contributed by atoms with Crippen LogP contribution >= 0.6 is 0 Å². The van der Waals surface area contributed by atoms with Gasteiger partial charge in [-0.3, -0.25) is 0 Å². The second-order valence-electron chi connectivity index (χ2n) is 3.79. The van der Waals surface area contributed by atoms with Crippen molar-refractivity contribution >= 4 is 0 Å². The lowest BCUT2D eigenvalue weighted by Gasteiger charge is -2.40. The normalized spacial score (nSPS) is 47.7. The maximum absolute atomic E-state index is 2.41. The first-order valence-electron chi connectivity index (χ1n) is 3.95. The van der Waals surface area contributed by atoms with E-state index in [1.165, 1.54) is 19.3 Å². The van der Waals surface area contributed by atoms with Gasteiger partial charge >= 0.3 is 0 Å². The average Bonchev–Trinajstić information content (AvgIpc) is 2.13. The number of nitrogens with zero attached hydrogens (tertiary/aromatic N) is 1. The summed E-state index contributed by atoms with van der Waals surface area (Å²) < 4.78 is 0. The van der Waals surface area contributed by atoms with Crippen molar-refractivity contribution < 1.29 is 0 Å². The Balaban J connectivity index is 2.02. The van der Waals surface area contributed by atoms with Crippen molar-refractivity contribution in [1.29, 1.82) is 0 Å². The van der Waals surface area contributed by atoms with E-state index in [1.54, 1.807) is 0 Å². The zero-order valence-corrected chi connectivity index (χ0v) is 6.30. The Bertz CT molecular complexity index is 106. The highest BCUT2D eigenvalue weighted by atomic mass is 15.1. The Morgan fingerprint density at radius 1 is 1.11 bits per heavy atom. The molecule has 0 aromatic carbocycles. The first-order valence-corrected chi connectivity index (χ1v) is 3.95. The first-order chi connectivity index (χ1) is 4.29. The van der Waals surface area contributed by atoms with E-state index in [1.807, 2.05) is 0 Å². The summed E-state index contributed by atoms with van der Waals surface area (Å²) >= 11 is 0. The summed E-state index contributed by atoms with van der Waals surface area (Å²) in [5.74, 6) is 2.15. The number of fused-ring (bicyclic) bond motifs is 1. The van der Waals surface area contributed by atoms with E-state index >= 15 is 0 Å². The van der Waals surface area contributed by atoms with E-state index < -0.39 is 0 Å². The molecule has 0 aliphatic heterocycles. The Morgan fingerprint density at radius 2 is 1.67 bits per heavy atom. The number of rotatable bonds is 1. The van der Waals surface area contributed by atoms with Gasteiger partial charge in [-0.05, 0) is 45.2 Å². The summed E-state index contributed by atoms with van der Waals surface area (Å²) in [7, 11) is 4.43. The molecule has 2 atom stereocenters. The third kappa shape index (κ3) is 0.644. The average molecular weight is 125 g/mol. The molecule has 0 aromatic rings. The third-order valence-corrected chi connectivity index (χ3v) is 3.08. The van der Waals surface area contributed by atoms with Crippen LogP contribution in [0.3, 0.4) is 0 Å². The molecule has 1 nitrogen and oxygen atoms in total. The lowest BCUT2D eigenvalue weighted by molar-refractivity contribution is 0.0916. The molecular weight excluding hydrogens is 110 g/mol. The van der Waals surface area contributed by atoms with Gasteiger partial charge in [0.15, 0.2) is 0 Å². The fourth-order valence-electron chi connectivity index (χ4n) is 2.71. The van der Waals surface area contributed by atoms with Crippen molar-refractivity contribution in [1.82, 2.24) is 4.90 Å². The van der Waals surface area contributed by atoms with Gasteiger partial charge in [0.05, 0.1) is 0 Å². The standard InChI is InChI=1S/C8H15N/c1-9(2)8-6-3-4-7(8)5-6/h6-8H,3-5H2,1-2H3. The Hall–Kier alpha value is -0.0400. The molecule has 52 valence electrons. The highest BCUT2D eigenvalue weighted by molar-refractivity contribution is 5.00. The van der Waals surface area contributed by atoms with Crippen LogP contribution in [0.5, 0.6) is 0 Å². The van der Waals surface area contributed by atoms with Crippen LogP contribution in [0.25, 0.3) is 0 Å². The number of hydrogen-bond acceptors (Lipinski definition) is 1. The molecule has 0 saturated heterocycles. The fourth-order valence-corrected chi connectivity index (χ4v) is 2.71. The molecule has 3 aliphatic rings. The van der Waals surface area contributed by atoms with E-state index in [4.69, 9.17) is 0 Å². The lowest BCUT2D eigenvalue weighted by atomic mass is 9.78. The Labute approximate surface area is 57.0 Å². The summed E-state index contributed by atoms with van der Waals surface area (Å²) in [4.78, 5) is 2.41. The van der Waals surface area contributed by atoms with Crippen molar-refractivity contribution in [2.75, 3.05) is 14.1 Å². The molecule has 1 heteroatoms. The van der Waals surface area contributed by atoms with Crippen molar-refractivity contribution in [3.8, 4) is 0 Å². The summed E-state index contributed by atoms with van der Waals surface area (Å²) in [6.07, 6.45) is 4.55. The third-order valence-electron chi connectivity index (χ3n) is 3.08. The molecule has 0 amide bonds. The van der Waals surface area contributed by atoms with Crippen LogP contribution in [0.15, 0.2) is 0 Å². The van der Waals surface area contributed by atoms with Crippen molar-refractivity contribution in [3.63, 3.8) is 0 Å². The van der Waals surface area contributed by atoms with Gasteiger partial charge in [-0.25, -0.2) is 0 Å². The van der Waals surface area contributed by atoms with Crippen LogP contribution in [-0.4, -0.2) is 25.0 Å². The molecule has 2 unspecified atom stereocenters. The van der Waals surface area contributed by atoms with Gasteiger partial charge in [0.25, 0.3) is 0 Å². The molecule has 2 bridgehead atoms. The zero-order chi connectivity index (χ0) is 6.43. The van der Waals surface area contributed by atoms with Crippen LogP contribution in [0.2, 0.25) is 0 Å². The first kappa shape index (κ1) is 5.72. The van der Waals surface area contributed by atoms with Crippen LogP contribution in [0.1, 0.15) is 19.3 Å². The largest absolute Gasteiger partial charge is 0.306 e.